The summed E-state index contributed by atoms with van der Waals surface area (Å²) in [5.74, 6) is 1.76. The first-order valence-electron chi connectivity index (χ1n) is 8.16. The number of hydrogen-bond acceptors (Lipinski definition) is 6. The summed E-state index contributed by atoms with van der Waals surface area (Å²) in [6, 6.07) is 5.32. The van der Waals surface area contributed by atoms with Crippen LogP contribution < -0.4 is 14.5 Å². The average Bonchev–Trinajstić information content (AvgIpc) is 3.07. The predicted molar refractivity (Wildman–Crippen MR) is 92.5 cm³/mol. The molecule has 8 nitrogen and oxygen atoms in total. The Labute approximate surface area is 149 Å². The molecule has 4 rings (SSSR count). The van der Waals surface area contributed by atoms with Crippen molar-refractivity contribution in [1.82, 2.24) is 15.0 Å². The van der Waals surface area contributed by atoms with E-state index in [0.29, 0.717) is 61.9 Å². The SMILES string of the molecule is Cc1nc(N2CCN(C(=O)N3CCOc4cc(Cl)ccc43)CC2)no1. The Morgan fingerprint density at radius 2 is 2.00 bits per heavy atom. The number of piperazine rings is 1. The lowest BCUT2D eigenvalue weighted by Crippen LogP contribution is -2.54. The summed E-state index contributed by atoms with van der Waals surface area (Å²) < 4.78 is 10.6. The third-order valence-electron chi connectivity index (χ3n) is 4.37. The summed E-state index contributed by atoms with van der Waals surface area (Å²) in [5, 5.41) is 4.53. The molecule has 9 heteroatoms. The normalized spacial score (nSPS) is 17.3. The molecule has 25 heavy (non-hydrogen) atoms. The van der Waals surface area contributed by atoms with Crippen molar-refractivity contribution < 1.29 is 14.1 Å². The molecular weight excluding hydrogens is 346 g/mol. The molecular formula is C16H18ClN5O3. The molecule has 2 aliphatic rings. The lowest BCUT2D eigenvalue weighted by molar-refractivity contribution is 0.196. The van der Waals surface area contributed by atoms with E-state index >= 15 is 0 Å². The molecule has 2 aromatic rings. The number of benzene rings is 1. The number of aryl methyl sites for hydroxylation is 1. The van der Waals surface area contributed by atoms with Crippen molar-refractivity contribution >= 4 is 29.3 Å². The molecule has 0 atom stereocenters. The van der Waals surface area contributed by atoms with E-state index in [-0.39, 0.29) is 6.03 Å². The molecule has 1 fully saturated rings. The summed E-state index contributed by atoms with van der Waals surface area (Å²) >= 11 is 6.01. The smallest absolute Gasteiger partial charge is 0.324 e. The van der Waals surface area contributed by atoms with E-state index in [4.69, 9.17) is 20.9 Å². The number of halogens is 1. The summed E-state index contributed by atoms with van der Waals surface area (Å²) in [6.45, 7) is 5.29. The highest BCUT2D eigenvalue weighted by Gasteiger charge is 2.30. The minimum Gasteiger partial charge on any atom is -0.489 e. The molecule has 1 aromatic heterocycles. The van der Waals surface area contributed by atoms with Crippen molar-refractivity contribution in [2.45, 2.75) is 6.92 Å². The first-order valence-corrected chi connectivity index (χ1v) is 8.53. The molecule has 0 aliphatic carbocycles. The van der Waals surface area contributed by atoms with Gasteiger partial charge in [0.2, 0.25) is 5.89 Å². The highest BCUT2D eigenvalue weighted by molar-refractivity contribution is 6.30. The molecule has 1 aromatic carbocycles. The van der Waals surface area contributed by atoms with Gasteiger partial charge in [0.15, 0.2) is 0 Å². The molecule has 2 aliphatic heterocycles. The number of amides is 2. The monoisotopic (exact) mass is 363 g/mol. The van der Waals surface area contributed by atoms with E-state index in [2.05, 4.69) is 10.1 Å². The topological polar surface area (TPSA) is 74.9 Å². The van der Waals surface area contributed by atoms with Crippen LogP contribution in [0.1, 0.15) is 5.89 Å². The predicted octanol–water partition coefficient (Wildman–Crippen LogP) is 2.17. The van der Waals surface area contributed by atoms with Crippen molar-refractivity contribution in [3.8, 4) is 5.75 Å². The second-order valence-corrected chi connectivity index (χ2v) is 6.42. The number of urea groups is 1. The zero-order valence-electron chi connectivity index (χ0n) is 13.8. The minimum atomic E-state index is -0.0178. The van der Waals surface area contributed by atoms with Crippen LogP contribution in [0.3, 0.4) is 0 Å². The molecule has 132 valence electrons. The van der Waals surface area contributed by atoms with E-state index in [1.807, 2.05) is 15.9 Å². The maximum Gasteiger partial charge on any atom is 0.324 e. The third-order valence-corrected chi connectivity index (χ3v) is 4.60. The number of nitrogens with zero attached hydrogens (tertiary/aromatic N) is 5. The van der Waals surface area contributed by atoms with Crippen molar-refractivity contribution in [3.63, 3.8) is 0 Å². The number of anilines is 2. The first kappa shape index (κ1) is 16.0. The van der Waals surface area contributed by atoms with E-state index in [9.17, 15) is 4.79 Å². The maximum atomic E-state index is 12.9. The van der Waals surface area contributed by atoms with Crippen LogP contribution in [0.25, 0.3) is 0 Å². The van der Waals surface area contributed by atoms with Gasteiger partial charge in [0.1, 0.15) is 12.4 Å². The average molecular weight is 364 g/mol. The van der Waals surface area contributed by atoms with Crippen LogP contribution in [0, 0.1) is 6.92 Å². The van der Waals surface area contributed by atoms with E-state index in [0.717, 1.165) is 5.69 Å². The molecule has 3 heterocycles. The van der Waals surface area contributed by atoms with Crippen molar-refractivity contribution in [2.75, 3.05) is 49.1 Å². The number of rotatable bonds is 1. The van der Waals surface area contributed by atoms with Gasteiger partial charge in [0, 0.05) is 44.2 Å². The van der Waals surface area contributed by atoms with Gasteiger partial charge in [-0.1, -0.05) is 11.6 Å². The quantitative estimate of drug-likeness (QED) is 0.773. The van der Waals surface area contributed by atoms with Gasteiger partial charge < -0.3 is 19.1 Å². The van der Waals surface area contributed by atoms with Gasteiger partial charge in [-0.2, -0.15) is 4.98 Å². The van der Waals surface area contributed by atoms with Crippen LogP contribution >= 0.6 is 11.6 Å². The highest BCUT2D eigenvalue weighted by atomic mass is 35.5. The molecule has 2 amide bonds. The van der Waals surface area contributed by atoms with Crippen molar-refractivity contribution in [3.05, 3.63) is 29.1 Å². The summed E-state index contributed by atoms with van der Waals surface area (Å²) in [6.07, 6.45) is 0. The Balaban J connectivity index is 1.45. The fraction of sp³-hybridized carbons (Fsp3) is 0.438. The fourth-order valence-corrected chi connectivity index (χ4v) is 3.24. The Morgan fingerprint density at radius 3 is 2.72 bits per heavy atom. The summed E-state index contributed by atoms with van der Waals surface area (Å²) in [5.41, 5.74) is 0.761. The van der Waals surface area contributed by atoms with Gasteiger partial charge in [-0.05, 0) is 17.3 Å². The maximum absolute atomic E-state index is 12.9. The lowest BCUT2D eigenvalue weighted by Gasteiger charge is -2.38. The number of ether oxygens (including phenoxy) is 1. The third kappa shape index (κ3) is 3.09. The number of fused-ring (bicyclic) bond motifs is 1. The first-order chi connectivity index (χ1) is 12.1. The Kier molecular flexibility index (Phi) is 4.12. The zero-order chi connectivity index (χ0) is 17.4. The van der Waals surface area contributed by atoms with E-state index in [1.165, 1.54) is 0 Å². The molecule has 0 saturated carbocycles. The minimum absolute atomic E-state index is 0.0178. The number of aromatic nitrogens is 2. The van der Waals surface area contributed by atoms with Crippen molar-refractivity contribution in [1.29, 1.82) is 0 Å². The summed E-state index contributed by atoms with van der Waals surface area (Å²) in [4.78, 5) is 22.8. The molecule has 0 unspecified atom stereocenters. The number of hydrogen-bond donors (Lipinski definition) is 0. The van der Waals surface area contributed by atoms with Gasteiger partial charge in [-0.25, -0.2) is 4.79 Å². The standard InChI is InChI=1S/C16H18ClN5O3/c1-11-18-15(19-25-11)20-4-6-21(7-5-20)16(23)22-8-9-24-14-10-12(17)2-3-13(14)22/h2-3,10H,4-9H2,1H3. The van der Waals surface area contributed by atoms with Gasteiger partial charge in [-0.15, -0.1) is 0 Å². The number of carbonyl (C=O) groups is 1. The Hall–Kier alpha value is -2.48. The fourth-order valence-electron chi connectivity index (χ4n) is 3.08. The van der Waals surface area contributed by atoms with Gasteiger partial charge in [-0.3, -0.25) is 4.90 Å². The second-order valence-electron chi connectivity index (χ2n) is 5.98. The van der Waals surface area contributed by atoms with Crippen LogP contribution in [0.15, 0.2) is 22.7 Å². The highest BCUT2D eigenvalue weighted by Crippen LogP contribution is 2.34. The molecule has 0 radical (unpaired) electrons. The van der Waals surface area contributed by atoms with Crippen LogP contribution in [-0.4, -0.2) is 60.4 Å². The van der Waals surface area contributed by atoms with E-state index < -0.39 is 0 Å². The van der Waals surface area contributed by atoms with Crippen LogP contribution in [0.2, 0.25) is 5.02 Å². The Morgan fingerprint density at radius 1 is 1.20 bits per heavy atom. The lowest BCUT2D eigenvalue weighted by atomic mass is 10.2. The van der Waals surface area contributed by atoms with Gasteiger partial charge in [0.05, 0.1) is 12.2 Å². The second kappa shape index (κ2) is 6.44. The van der Waals surface area contributed by atoms with Gasteiger partial charge in [0.25, 0.3) is 5.95 Å². The van der Waals surface area contributed by atoms with Crippen LogP contribution in [-0.2, 0) is 0 Å². The number of carbonyl (C=O) groups excluding carboxylic acids is 1. The van der Waals surface area contributed by atoms with Crippen LogP contribution in [0.5, 0.6) is 5.75 Å². The van der Waals surface area contributed by atoms with Crippen LogP contribution in [0.4, 0.5) is 16.4 Å². The van der Waals surface area contributed by atoms with Crippen molar-refractivity contribution in [2.24, 2.45) is 0 Å². The Bertz CT molecular complexity index is 788. The molecule has 0 N–H and O–H groups in total. The molecule has 1 saturated heterocycles. The largest absolute Gasteiger partial charge is 0.489 e. The zero-order valence-corrected chi connectivity index (χ0v) is 14.6. The molecule has 0 spiro atoms. The van der Waals surface area contributed by atoms with E-state index in [1.54, 1.807) is 24.0 Å². The summed E-state index contributed by atoms with van der Waals surface area (Å²) in [7, 11) is 0. The van der Waals surface area contributed by atoms with Gasteiger partial charge >= 0.3 is 6.03 Å². The molecule has 0 bridgehead atoms.